The average Bonchev–Trinajstić information content (AvgIpc) is 2.75. The molecule has 1 saturated heterocycles. The van der Waals surface area contributed by atoms with Crippen LogP contribution in [-0.4, -0.2) is 49.9 Å². The van der Waals surface area contributed by atoms with Gasteiger partial charge in [0.25, 0.3) is 0 Å². The third kappa shape index (κ3) is 5.99. The topological polar surface area (TPSA) is 136 Å². The first-order valence-electron chi connectivity index (χ1n) is 5.93. The van der Waals surface area contributed by atoms with Crippen molar-refractivity contribution < 1.29 is 27.9 Å². The van der Waals surface area contributed by atoms with Gasteiger partial charge >= 0.3 is 5.97 Å². The Kier molecular flexibility index (Phi) is 5.70. The molecule has 0 bridgehead atoms. The van der Waals surface area contributed by atoms with Crippen LogP contribution in [0.15, 0.2) is 0 Å². The Balaban J connectivity index is 2.55. The van der Waals surface area contributed by atoms with E-state index in [0.29, 0.717) is 13.0 Å². The molecular formula is C10H18N2O6S. The molecule has 1 fully saturated rings. The first kappa shape index (κ1) is 15.9. The summed E-state index contributed by atoms with van der Waals surface area (Å²) >= 11 is 0. The number of amides is 1. The van der Waals surface area contributed by atoms with E-state index in [1.807, 2.05) is 0 Å². The van der Waals surface area contributed by atoms with Gasteiger partial charge in [0.15, 0.2) is 0 Å². The summed E-state index contributed by atoms with van der Waals surface area (Å²) in [4.78, 5) is 21.5. The molecule has 0 aliphatic carbocycles. The Bertz CT molecular complexity index is 429. The molecule has 0 aromatic carbocycles. The molecule has 1 aliphatic heterocycles. The molecule has 0 spiro atoms. The van der Waals surface area contributed by atoms with Gasteiger partial charge in [0.05, 0.1) is 11.9 Å². The maximum atomic E-state index is 11.8. The number of primary amides is 1. The summed E-state index contributed by atoms with van der Waals surface area (Å²) in [6.45, 7) is 0.518. The van der Waals surface area contributed by atoms with Gasteiger partial charge in [-0.25, -0.2) is 13.1 Å². The average molecular weight is 294 g/mol. The molecule has 110 valence electrons. The number of nitrogens with two attached hydrogens (primary N) is 1. The Morgan fingerprint density at radius 2 is 2.16 bits per heavy atom. The van der Waals surface area contributed by atoms with Crippen LogP contribution in [0.4, 0.5) is 0 Å². The second kappa shape index (κ2) is 6.83. The van der Waals surface area contributed by atoms with Gasteiger partial charge in [-0.2, -0.15) is 0 Å². The van der Waals surface area contributed by atoms with Gasteiger partial charge in [0.1, 0.15) is 6.04 Å². The number of carboxylic acid groups (broad SMARTS) is 1. The van der Waals surface area contributed by atoms with Crippen LogP contribution in [0.1, 0.15) is 25.7 Å². The first-order chi connectivity index (χ1) is 8.80. The maximum Gasteiger partial charge on any atom is 0.321 e. The van der Waals surface area contributed by atoms with Crippen molar-refractivity contribution in [2.24, 2.45) is 5.73 Å². The van der Waals surface area contributed by atoms with Crippen LogP contribution < -0.4 is 10.5 Å². The highest BCUT2D eigenvalue weighted by molar-refractivity contribution is 7.89. The molecule has 0 aromatic rings. The number of sulfonamides is 1. The van der Waals surface area contributed by atoms with Crippen molar-refractivity contribution in [3.8, 4) is 0 Å². The van der Waals surface area contributed by atoms with Crippen LogP contribution in [-0.2, 0) is 24.3 Å². The Morgan fingerprint density at radius 1 is 1.47 bits per heavy atom. The standard InChI is InChI=1S/C10H18N2O6S/c11-9(13)4-3-8(10(14)15)12-19(16,17)6-7-2-1-5-18-7/h7-8,12H,1-6H2,(H2,11,13)(H,14,15)/t7?,8-/m0/s1. The van der Waals surface area contributed by atoms with E-state index in [1.54, 1.807) is 0 Å². The second-order valence-electron chi connectivity index (χ2n) is 4.43. The number of carboxylic acids is 1. The summed E-state index contributed by atoms with van der Waals surface area (Å²) in [5.41, 5.74) is 4.91. The number of aliphatic carboxylic acids is 1. The van der Waals surface area contributed by atoms with Gasteiger partial charge in [-0.15, -0.1) is 0 Å². The molecule has 8 nitrogen and oxygen atoms in total. The van der Waals surface area contributed by atoms with Crippen LogP contribution in [0.2, 0.25) is 0 Å². The van der Waals surface area contributed by atoms with Gasteiger partial charge in [-0.1, -0.05) is 0 Å². The van der Waals surface area contributed by atoms with E-state index < -0.39 is 34.0 Å². The van der Waals surface area contributed by atoms with Gasteiger partial charge < -0.3 is 15.6 Å². The molecule has 1 rings (SSSR count). The number of carbonyl (C=O) groups excluding carboxylic acids is 1. The monoisotopic (exact) mass is 294 g/mol. The minimum absolute atomic E-state index is 0.171. The number of ether oxygens (including phenoxy) is 1. The minimum Gasteiger partial charge on any atom is -0.480 e. The van der Waals surface area contributed by atoms with Crippen molar-refractivity contribution >= 4 is 21.9 Å². The highest BCUT2D eigenvalue weighted by atomic mass is 32.2. The Hall–Kier alpha value is -1.19. The van der Waals surface area contributed by atoms with Gasteiger partial charge in [-0.3, -0.25) is 9.59 Å². The fraction of sp³-hybridized carbons (Fsp3) is 0.800. The highest BCUT2D eigenvalue weighted by Gasteiger charge is 2.28. The van der Waals surface area contributed by atoms with E-state index in [0.717, 1.165) is 6.42 Å². The normalized spacial score (nSPS) is 21.2. The first-order valence-corrected chi connectivity index (χ1v) is 7.58. The molecule has 1 heterocycles. The summed E-state index contributed by atoms with van der Waals surface area (Å²) in [7, 11) is -3.77. The van der Waals surface area contributed by atoms with E-state index in [9.17, 15) is 18.0 Å². The third-order valence-electron chi connectivity index (χ3n) is 2.73. The number of carbonyl (C=O) groups is 2. The maximum absolute atomic E-state index is 11.8. The van der Waals surface area contributed by atoms with Crippen molar-refractivity contribution in [3.05, 3.63) is 0 Å². The largest absolute Gasteiger partial charge is 0.480 e. The minimum atomic E-state index is -3.77. The van der Waals surface area contributed by atoms with Crippen LogP contribution in [0.25, 0.3) is 0 Å². The second-order valence-corrected chi connectivity index (χ2v) is 6.23. The molecule has 9 heteroatoms. The molecule has 2 atom stereocenters. The number of hydrogen-bond acceptors (Lipinski definition) is 5. The lowest BCUT2D eigenvalue weighted by atomic mass is 10.2. The van der Waals surface area contributed by atoms with Gasteiger partial charge in [-0.05, 0) is 19.3 Å². The van der Waals surface area contributed by atoms with Crippen LogP contribution >= 0.6 is 0 Å². The van der Waals surface area contributed by atoms with Crippen molar-refractivity contribution in [1.82, 2.24) is 4.72 Å². The fourth-order valence-electron chi connectivity index (χ4n) is 1.80. The predicted octanol–water partition coefficient (Wildman–Crippen LogP) is -1.20. The van der Waals surface area contributed by atoms with Crippen LogP contribution in [0.5, 0.6) is 0 Å². The van der Waals surface area contributed by atoms with E-state index >= 15 is 0 Å². The highest BCUT2D eigenvalue weighted by Crippen LogP contribution is 2.14. The van der Waals surface area contributed by atoms with E-state index in [4.69, 9.17) is 15.6 Å². The summed E-state index contributed by atoms with van der Waals surface area (Å²) < 4.78 is 30.8. The Labute approximate surface area is 111 Å². The number of nitrogens with one attached hydrogen (secondary N) is 1. The zero-order valence-electron chi connectivity index (χ0n) is 10.4. The van der Waals surface area contributed by atoms with E-state index in [-0.39, 0.29) is 18.6 Å². The molecule has 1 unspecified atom stereocenters. The number of hydrogen-bond donors (Lipinski definition) is 3. The lowest BCUT2D eigenvalue weighted by Gasteiger charge is -2.16. The summed E-state index contributed by atoms with van der Waals surface area (Å²) in [5, 5.41) is 8.90. The smallest absolute Gasteiger partial charge is 0.321 e. The van der Waals surface area contributed by atoms with Crippen LogP contribution in [0, 0.1) is 0 Å². The molecule has 1 amide bonds. The molecule has 0 saturated carbocycles. The van der Waals surface area contributed by atoms with E-state index in [2.05, 4.69) is 4.72 Å². The lowest BCUT2D eigenvalue weighted by molar-refractivity contribution is -0.139. The molecule has 4 N–H and O–H groups in total. The van der Waals surface area contributed by atoms with Crippen molar-refractivity contribution in [3.63, 3.8) is 0 Å². The molecular weight excluding hydrogens is 276 g/mol. The number of rotatable bonds is 8. The fourth-order valence-corrected chi connectivity index (χ4v) is 3.31. The molecule has 19 heavy (non-hydrogen) atoms. The van der Waals surface area contributed by atoms with Crippen molar-refractivity contribution in [2.45, 2.75) is 37.8 Å². The summed E-state index contributed by atoms with van der Waals surface area (Å²) in [6, 6.07) is -1.35. The summed E-state index contributed by atoms with van der Waals surface area (Å²) in [5.74, 6) is -2.28. The third-order valence-corrected chi connectivity index (χ3v) is 4.18. The SMILES string of the molecule is NC(=O)CC[C@H](NS(=O)(=O)CC1CCCO1)C(=O)O. The van der Waals surface area contributed by atoms with Gasteiger partial charge in [0.2, 0.25) is 15.9 Å². The van der Waals surface area contributed by atoms with E-state index in [1.165, 1.54) is 0 Å². The predicted molar refractivity (Wildman–Crippen MR) is 65.7 cm³/mol. The van der Waals surface area contributed by atoms with Gasteiger partial charge in [0, 0.05) is 13.0 Å². The molecule has 0 aromatic heterocycles. The Morgan fingerprint density at radius 3 is 2.63 bits per heavy atom. The molecule has 1 aliphatic rings. The lowest BCUT2D eigenvalue weighted by Crippen LogP contribution is -2.44. The van der Waals surface area contributed by atoms with Crippen LogP contribution in [0.3, 0.4) is 0 Å². The zero-order valence-corrected chi connectivity index (χ0v) is 11.2. The summed E-state index contributed by atoms with van der Waals surface area (Å²) in [6.07, 6.45) is 0.669. The van der Waals surface area contributed by atoms with Crippen molar-refractivity contribution in [1.29, 1.82) is 0 Å². The quantitative estimate of drug-likeness (QED) is 0.514. The zero-order chi connectivity index (χ0) is 14.5. The van der Waals surface area contributed by atoms with Crippen molar-refractivity contribution in [2.75, 3.05) is 12.4 Å². The molecule has 0 radical (unpaired) electrons.